The summed E-state index contributed by atoms with van der Waals surface area (Å²) in [7, 11) is 0. The summed E-state index contributed by atoms with van der Waals surface area (Å²) in [4.78, 5) is 11.1. The van der Waals surface area contributed by atoms with Crippen molar-refractivity contribution in [3.05, 3.63) is 44.5 Å². The maximum absolute atomic E-state index is 11.1. The lowest BCUT2D eigenvalue weighted by atomic mass is 10.2. The van der Waals surface area contributed by atoms with Crippen LogP contribution in [0.25, 0.3) is 11.3 Å². The molecule has 0 unspecified atom stereocenters. The van der Waals surface area contributed by atoms with Crippen LogP contribution in [0, 0.1) is 0 Å². The molecule has 88 valence electrons. The number of rotatable bonds is 2. The molecule has 2 nitrogen and oxygen atoms in total. The van der Waals surface area contributed by atoms with E-state index in [0.29, 0.717) is 21.4 Å². The van der Waals surface area contributed by atoms with E-state index in [1.165, 1.54) is 6.92 Å². The molecule has 0 bridgehead atoms. The average Bonchev–Trinajstić information content (AvgIpc) is 2.65. The van der Waals surface area contributed by atoms with E-state index >= 15 is 0 Å². The quantitative estimate of drug-likeness (QED) is 0.705. The minimum Gasteiger partial charge on any atom is -0.453 e. The molecular weight excluding hydrogens is 327 g/mol. The number of furan rings is 1. The summed E-state index contributed by atoms with van der Waals surface area (Å²) in [6, 6.07) is 6.72. The zero-order chi connectivity index (χ0) is 12.6. The van der Waals surface area contributed by atoms with Crippen LogP contribution in [0.1, 0.15) is 17.5 Å². The predicted octanol–water partition coefficient (Wildman–Crippen LogP) is 5.22. The van der Waals surface area contributed by atoms with Gasteiger partial charge in [-0.3, -0.25) is 4.79 Å². The monoisotopic (exact) mass is 332 g/mol. The normalized spacial score (nSPS) is 10.6. The number of benzene rings is 1. The Bertz CT molecular complexity index is 567. The molecule has 0 spiro atoms. The molecule has 1 aromatic carbocycles. The van der Waals surface area contributed by atoms with Gasteiger partial charge in [-0.15, -0.1) is 0 Å². The van der Waals surface area contributed by atoms with E-state index in [1.54, 1.807) is 24.3 Å². The van der Waals surface area contributed by atoms with Gasteiger partial charge in [0.25, 0.3) is 0 Å². The molecule has 1 heterocycles. The van der Waals surface area contributed by atoms with Gasteiger partial charge in [-0.25, -0.2) is 0 Å². The van der Waals surface area contributed by atoms with Gasteiger partial charge >= 0.3 is 0 Å². The lowest BCUT2D eigenvalue weighted by molar-refractivity contribution is 0.0988. The molecule has 0 aliphatic rings. The minimum atomic E-state index is -0.138. The molecule has 2 aromatic rings. The highest BCUT2D eigenvalue weighted by molar-refractivity contribution is 9.10. The highest BCUT2D eigenvalue weighted by Crippen LogP contribution is 2.38. The lowest BCUT2D eigenvalue weighted by Crippen LogP contribution is -1.86. The standard InChI is InChI=1S/C12H7BrCl2O2/c1-6(16)10-2-3-11(17-10)12-8(14)4-7(13)5-9(12)15/h2-5H,1H3. The van der Waals surface area contributed by atoms with Crippen LogP contribution in [0.3, 0.4) is 0 Å². The molecule has 0 aliphatic heterocycles. The van der Waals surface area contributed by atoms with E-state index < -0.39 is 0 Å². The van der Waals surface area contributed by atoms with Crippen LogP contribution in [0.5, 0.6) is 0 Å². The van der Waals surface area contributed by atoms with E-state index in [2.05, 4.69) is 15.9 Å². The highest BCUT2D eigenvalue weighted by Gasteiger charge is 2.15. The third-order valence-electron chi connectivity index (χ3n) is 2.21. The van der Waals surface area contributed by atoms with Gasteiger partial charge in [-0.2, -0.15) is 0 Å². The van der Waals surface area contributed by atoms with Crippen LogP contribution >= 0.6 is 39.1 Å². The second-order valence-corrected chi connectivity index (χ2v) is 5.19. The number of hydrogen-bond donors (Lipinski definition) is 0. The largest absolute Gasteiger partial charge is 0.453 e. The van der Waals surface area contributed by atoms with Crippen LogP contribution in [-0.4, -0.2) is 5.78 Å². The Hall–Kier alpha value is -0.770. The van der Waals surface area contributed by atoms with Crippen molar-refractivity contribution in [2.45, 2.75) is 6.92 Å². The molecule has 0 radical (unpaired) electrons. The Morgan fingerprint density at radius 3 is 2.29 bits per heavy atom. The van der Waals surface area contributed by atoms with Crippen LogP contribution < -0.4 is 0 Å². The summed E-state index contributed by atoms with van der Waals surface area (Å²) >= 11 is 15.5. The first-order valence-corrected chi connectivity index (χ1v) is 6.29. The smallest absolute Gasteiger partial charge is 0.194 e. The third-order valence-corrected chi connectivity index (χ3v) is 3.26. The molecular formula is C12H7BrCl2O2. The number of ketones is 1. The van der Waals surface area contributed by atoms with Gasteiger partial charge in [-0.05, 0) is 24.3 Å². The van der Waals surface area contributed by atoms with Crippen LogP contribution in [0.2, 0.25) is 10.0 Å². The molecule has 0 atom stereocenters. The fourth-order valence-electron chi connectivity index (χ4n) is 1.44. The van der Waals surface area contributed by atoms with Crippen molar-refractivity contribution in [2.75, 3.05) is 0 Å². The second kappa shape index (κ2) is 4.84. The van der Waals surface area contributed by atoms with E-state index in [-0.39, 0.29) is 11.5 Å². The number of Topliss-reactive ketones (excluding diaryl/α,β-unsaturated/α-hetero) is 1. The van der Waals surface area contributed by atoms with Crippen molar-refractivity contribution in [1.82, 2.24) is 0 Å². The van der Waals surface area contributed by atoms with Crippen molar-refractivity contribution in [2.24, 2.45) is 0 Å². The molecule has 5 heteroatoms. The van der Waals surface area contributed by atoms with Crippen LogP contribution in [0.4, 0.5) is 0 Å². The molecule has 0 aliphatic carbocycles. The maximum Gasteiger partial charge on any atom is 0.194 e. The Morgan fingerprint density at radius 1 is 1.24 bits per heavy atom. The van der Waals surface area contributed by atoms with E-state index in [9.17, 15) is 4.79 Å². The lowest BCUT2D eigenvalue weighted by Gasteiger charge is -2.04. The average molecular weight is 334 g/mol. The van der Waals surface area contributed by atoms with Gasteiger partial charge in [0.15, 0.2) is 11.5 Å². The first-order chi connectivity index (χ1) is 7.99. The summed E-state index contributed by atoms with van der Waals surface area (Å²) in [6.07, 6.45) is 0. The van der Waals surface area contributed by atoms with Gasteiger partial charge in [0.1, 0.15) is 5.76 Å². The fraction of sp³-hybridized carbons (Fsp3) is 0.0833. The third kappa shape index (κ3) is 2.57. The summed E-state index contributed by atoms with van der Waals surface area (Å²) in [5, 5.41) is 0.933. The van der Waals surface area contributed by atoms with Crippen molar-refractivity contribution in [1.29, 1.82) is 0 Å². The summed E-state index contributed by atoms with van der Waals surface area (Å²) in [6.45, 7) is 1.44. The first kappa shape index (κ1) is 12.7. The molecule has 17 heavy (non-hydrogen) atoms. The Morgan fingerprint density at radius 2 is 1.82 bits per heavy atom. The Balaban J connectivity index is 2.56. The Kier molecular flexibility index (Phi) is 3.61. The Labute approximate surface area is 117 Å². The van der Waals surface area contributed by atoms with Crippen LogP contribution in [0.15, 0.2) is 33.2 Å². The molecule has 0 saturated carbocycles. The van der Waals surface area contributed by atoms with Gasteiger partial charge in [-0.1, -0.05) is 39.1 Å². The van der Waals surface area contributed by atoms with E-state index in [4.69, 9.17) is 27.6 Å². The maximum atomic E-state index is 11.1. The molecule has 0 N–H and O–H groups in total. The molecule has 0 amide bonds. The van der Waals surface area contributed by atoms with Crippen LogP contribution in [-0.2, 0) is 0 Å². The van der Waals surface area contributed by atoms with Crippen molar-refractivity contribution < 1.29 is 9.21 Å². The molecule has 2 rings (SSSR count). The highest BCUT2D eigenvalue weighted by atomic mass is 79.9. The topological polar surface area (TPSA) is 30.2 Å². The summed E-state index contributed by atoms with van der Waals surface area (Å²) in [5.41, 5.74) is 0.587. The molecule has 1 aromatic heterocycles. The molecule has 0 saturated heterocycles. The SMILES string of the molecule is CC(=O)c1ccc(-c2c(Cl)cc(Br)cc2Cl)o1. The first-order valence-electron chi connectivity index (χ1n) is 4.74. The van der Waals surface area contributed by atoms with Gasteiger partial charge in [0, 0.05) is 11.4 Å². The summed E-state index contributed by atoms with van der Waals surface area (Å²) < 4.78 is 6.19. The summed E-state index contributed by atoms with van der Waals surface area (Å²) in [5.74, 6) is 0.633. The van der Waals surface area contributed by atoms with Gasteiger partial charge < -0.3 is 4.42 Å². The van der Waals surface area contributed by atoms with E-state index in [0.717, 1.165) is 4.47 Å². The number of halogens is 3. The second-order valence-electron chi connectivity index (χ2n) is 3.46. The fourth-order valence-corrected chi connectivity index (χ4v) is 2.83. The van der Waals surface area contributed by atoms with E-state index in [1.807, 2.05) is 0 Å². The number of carbonyl (C=O) groups is 1. The predicted molar refractivity (Wildman–Crippen MR) is 71.9 cm³/mol. The molecule has 0 fully saturated rings. The van der Waals surface area contributed by atoms with Crippen molar-refractivity contribution >= 4 is 44.9 Å². The minimum absolute atomic E-state index is 0.138. The zero-order valence-electron chi connectivity index (χ0n) is 8.76. The van der Waals surface area contributed by atoms with Gasteiger partial charge in [0.2, 0.25) is 0 Å². The number of hydrogen-bond acceptors (Lipinski definition) is 2. The number of carbonyl (C=O) groups excluding carboxylic acids is 1. The van der Waals surface area contributed by atoms with Gasteiger partial charge in [0.05, 0.1) is 15.6 Å². The van der Waals surface area contributed by atoms with Crippen molar-refractivity contribution in [3.8, 4) is 11.3 Å². The zero-order valence-corrected chi connectivity index (χ0v) is 11.9. The van der Waals surface area contributed by atoms with Crippen molar-refractivity contribution in [3.63, 3.8) is 0 Å².